The van der Waals surface area contributed by atoms with Gasteiger partial charge in [-0.25, -0.2) is 4.79 Å². The van der Waals surface area contributed by atoms with Crippen molar-refractivity contribution in [2.75, 3.05) is 12.0 Å². The lowest BCUT2D eigenvalue weighted by atomic mass is 9.88. The molecule has 1 aliphatic rings. The molecule has 38 heavy (non-hydrogen) atoms. The van der Waals surface area contributed by atoms with E-state index >= 15 is 0 Å². The third kappa shape index (κ3) is 8.41. The van der Waals surface area contributed by atoms with Gasteiger partial charge in [0.15, 0.2) is 0 Å². The molecule has 0 radical (unpaired) electrons. The van der Waals surface area contributed by atoms with Crippen LogP contribution in [0.5, 0.6) is 5.75 Å². The zero-order valence-corrected chi connectivity index (χ0v) is 23.4. The fraction of sp³-hybridized carbons (Fsp3) is 0.483. The molecule has 0 bridgehead atoms. The Morgan fingerprint density at radius 3 is 2.39 bits per heavy atom. The van der Waals surface area contributed by atoms with Crippen LogP contribution in [-0.2, 0) is 20.9 Å². The number of alkyl carbamates (subject to hydrolysis) is 1. The number of nitrogens with one attached hydrogen (secondary N) is 2. The predicted molar refractivity (Wildman–Crippen MR) is 150 cm³/mol. The predicted octanol–water partition coefficient (Wildman–Crippen LogP) is 4.78. The van der Waals surface area contributed by atoms with E-state index in [2.05, 4.69) is 10.6 Å². The van der Waals surface area contributed by atoms with Crippen molar-refractivity contribution in [1.82, 2.24) is 15.5 Å². The normalized spacial score (nSPS) is 15.1. The molecule has 1 aliphatic carbocycles. The van der Waals surface area contributed by atoms with E-state index in [1.54, 1.807) is 49.6 Å². The molecule has 3 rings (SSSR count). The summed E-state index contributed by atoms with van der Waals surface area (Å²) in [5.74, 6) is -0.0320. The second kappa shape index (κ2) is 13.6. The molecule has 1 saturated carbocycles. The smallest absolute Gasteiger partial charge is 0.408 e. The van der Waals surface area contributed by atoms with Gasteiger partial charge in [0, 0.05) is 12.6 Å². The van der Waals surface area contributed by atoms with Gasteiger partial charge in [-0.2, -0.15) is 11.8 Å². The van der Waals surface area contributed by atoms with E-state index in [0.717, 1.165) is 24.8 Å². The van der Waals surface area contributed by atoms with Crippen molar-refractivity contribution in [2.45, 2.75) is 76.7 Å². The largest absolute Gasteiger partial charge is 0.508 e. The summed E-state index contributed by atoms with van der Waals surface area (Å²) in [6.45, 7) is 5.59. The second-order valence-electron chi connectivity index (χ2n) is 10.5. The number of phenolic OH excluding ortho intramolecular Hbond substituents is 1. The summed E-state index contributed by atoms with van der Waals surface area (Å²) in [7, 11) is 0. The van der Waals surface area contributed by atoms with Crippen LogP contribution in [0.2, 0.25) is 0 Å². The zero-order chi connectivity index (χ0) is 27.7. The van der Waals surface area contributed by atoms with Crippen molar-refractivity contribution in [3.63, 3.8) is 0 Å². The first kappa shape index (κ1) is 29.4. The molecule has 2 aromatic carbocycles. The quantitative estimate of drug-likeness (QED) is 0.378. The standard InChI is InChI=1S/C29H39N3O5S/c1-29(2,3)37-28(36)31-24(16-17-38-4)27(35)32(22-13-9-14-22)25(21-12-8-15-23(33)18-21)26(34)30-19-20-10-6-5-7-11-20/h5-8,10-12,15,18,22,24-25,33H,9,13-14,16-17,19H2,1-4H3,(H,30,34)(H,31,36). The maximum Gasteiger partial charge on any atom is 0.408 e. The summed E-state index contributed by atoms with van der Waals surface area (Å²) < 4.78 is 5.43. The van der Waals surface area contributed by atoms with Gasteiger partial charge in [0.1, 0.15) is 23.4 Å². The number of ether oxygens (including phenoxy) is 1. The number of carbonyl (C=O) groups is 3. The lowest BCUT2D eigenvalue weighted by molar-refractivity contribution is -0.147. The van der Waals surface area contributed by atoms with Crippen LogP contribution < -0.4 is 10.6 Å². The minimum absolute atomic E-state index is 0.00943. The van der Waals surface area contributed by atoms with Crippen LogP contribution in [0.25, 0.3) is 0 Å². The van der Waals surface area contributed by atoms with Crippen LogP contribution in [-0.4, -0.2) is 57.6 Å². The molecule has 8 nitrogen and oxygen atoms in total. The molecule has 0 spiro atoms. The van der Waals surface area contributed by atoms with Crippen molar-refractivity contribution in [1.29, 1.82) is 0 Å². The molecular weight excluding hydrogens is 502 g/mol. The van der Waals surface area contributed by atoms with E-state index in [9.17, 15) is 19.5 Å². The molecular formula is C29H39N3O5S. The van der Waals surface area contributed by atoms with Crippen molar-refractivity contribution < 1.29 is 24.2 Å². The third-order valence-corrected chi connectivity index (χ3v) is 6.99. The van der Waals surface area contributed by atoms with Crippen molar-refractivity contribution in [3.8, 4) is 5.75 Å². The van der Waals surface area contributed by atoms with E-state index < -0.39 is 23.8 Å². The van der Waals surface area contributed by atoms with Gasteiger partial charge in [0.2, 0.25) is 11.8 Å². The number of nitrogens with zero attached hydrogens (tertiary/aromatic N) is 1. The Kier molecular flexibility index (Phi) is 10.5. The lowest BCUT2D eigenvalue weighted by Gasteiger charge is -2.43. The lowest BCUT2D eigenvalue weighted by Crippen LogP contribution is -2.57. The highest BCUT2D eigenvalue weighted by molar-refractivity contribution is 7.98. The highest BCUT2D eigenvalue weighted by atomic mass is 32.2. The Morgan fingerprint density at radius 2 is 1.82 bits per heavy atom. The maximum absolute atomic E-state index is 14.2. The number of thioether (sulfide) groups is 1. The van der Waals surface area contributed by atoms with E-state index in [-0.39, 0.29) is 23.6 Å². The Hall–Kier alpha value is -3.20. The van der Waals surface area contributed by atoms with Gasteiger partial charge in [-0.3, -0.25) is 9.59 Å². The number of carbonyl (C=O) groups excluding carboxylic acids is 3. The summed E-state index contributed by atoms with van der Waals surface area (Å²) in [6, 6.07) is 14.0. The maximum atomic E-state index is 14.2. The summed E-state index contributed by atoms with van der Waals surface area (Å²) in [6.07, 6.45) is 4.12. The van der Waals surface area contributed by atoms with Gasteiger partial charge in [-0.1, -0.05) is 42.5 Å². The topological polar surface area (TPSA) is 108 Å². The number of phenols is 1. The summed E-state index contributed by atoms with van der Waals surface area (Å²) in [5.41, 5.74) is 0.727. The summed E-state index contributed by atoms with van der Waals surface area (Å²) >= 11 is 1.57. The van der Waals surface area contributed by atoms with Gasteiger partial charge in [0.05, 0.1) is 0 Å². The minimum Gasteiger partial charge on any atom is -0.508 e. The minimum atomic E-state index is -0.971. The van der Waals surface area contributed by atoms with Crippen molar-refractivity contribution in [2.24, 2.45) is 0 Å². The number of hydrogen-bond acceptors (Lipinski definition) is 6. The Bertz CT molecular complexity index is 1090. The first-order valence-electron chi connectivity index (χ1n) is 13.0. The van der Waals surface area contributed by atoms with Crippen molar-refractivity contribution >= 4 is 29.7 Å². The molecule has 0 saturated heterocycles. The number of hydrogen-bond donors (Lipinski definition) is 3. The highest BCUT2D eigenvalue weighted by Gasteiger charge is 2.42. The van der Waals surface area contributed by atoms with Crippen LogP contribution in [0.1, 0.15) is 63.6 Å². The van der Waals surface area contributed by atoms with E-state index in [4.69, 9.17) is 4.74 Å². The van der Waals surface area contributed by atoms with Crippen LogP contribution in [0.15, 0.2) is 54.6 Å². The summed E-state index contributed by atoms with van der Waals surface area (Å²) in [4.78, 5) is 42.2. The van der Waals surface area contributed by atoms with Gasteiger partial charge in [-0.05, 0) is 81.7 Å². The number of aromatic hydroxyl groups is 1. The Balaban J connectivity index is 1.94. The number of rotatable bonds is 11. The van der Waals surface area contributed by atoms with Crippen LogP contribution in [0.4, 0.5) is 4.79 Å². The molecule has 0 aromatic heterocycles. The SMILES string of the molecule is CSCCC(NC(=O)OC(C)(C)C)C(=O)N(C1CCC1)C(C(=O)NCc1ccccc1)c1cccc(O)c1. The molecule has 2 unspecified atom stereocenters. The van der Waals surface area contributed by atoms with Crippen LogP contribution >= 0.6 is 11.8 Å². The first-order valence-corrected chi connectivity index (χ1v) is 14.4. The van der Waals surface area contributed by atoms with Gasteiger partial charge in [0.25, 0.3) is 0 Å². The molecule has 3 N–H and O–H groups in total. The average Bonchev–Trinajstić information content (AvgIpc) is 2.83. The summed E-state index contributed by atoms with van der Waals surface area (Å²) in [5, 5.41) is 16.0. The molecule has 3 amide bonds. The van der Waals surface area contributed by atoms with Gasteiger partial charge >= 0.3 is 6.09 Å². The van der Waals surface area contributed by atoms with Gasteiger partial charge in [-0.15, -0.1) is 0 Å². The van der Waals surface area contributed by atoms with E-state index in [1.165, 1.54) is 12.1 Å². The molecule has 0 heterocycles. The van der Waals surface area contributed by atoms with Gasteiger partial charge < -0.3 is 25.4 Å². The fourth-order valence-corrected chi connectivity index (χ4v) is 4.79. The number of amides is 3. The monoisotopic (exact) mass is 541 g/mol. The molecule has 2 aromatic rings. The third-order valence-electron chi connectivity index (χ3n) is 6.34. The Morgan fingerprint density at radius 1 is 1.11 bits per heavy atom. The highest BCUT2D eigenvalue weighted by Crippen LogP contribution is 2.35. The van der Waals surface area contributed by atoms with E-state index in [0.29, 0.717) is 24.3 Å². The molecule has 1 fully saturated rings. The van der Waals surface area contributed by atoms with E-state index in [1.807, 2.05) is 36.6 Å². The molecule has 206 valence electrons. The second-order valence-corrected chi connectivity index (χ2v) is 11.5. The average molecular weight is 542 g/mol. The van der Waals surface area contributed by atoms with Crippen LogP contribution in [0.3, 0.4) is 0 Å². The molecule has 9 heteroatoms. The zero-order valence-electron chi connectivity index (χ0n) is 22.6. The molecule has 0 aliphatic heterocycles. The van der Waals surface area contributed by atoms with Crippen LogP contribution in [0, 0.1) is 0 Å². The Labute approximate surface area is 229 Å². The van der Waals surface area contributed by atoms with Crippen molar-refractivity contribution in [3.05, 3.63) is 65.7 Å². The first-order chi connectivity index (χ1) is 18.1. The molecule has 2 atom stereocenters. The number of benzene rings is 2. The fourth-order valence-electron chi connectivity index (χ4n) is 4.32.